The number of fused-ring (bicyclic) bond motifs is 1. The fourth-order valence-electron chi connectivity index (χ4n) is 2.55. The lowest BCUT2D eigenvalue weighted by Gasteiger charge is -2.16. The predicted octanol–water partition coefficient (Wildman–Crippen LogP) is 1.92. The van der Waals surface area contributed by atoms with Gasteiger partial charge in [-0.05, 0) is 18.1 Å². The number of hydrogen-bond donors (Lipinski definition) is 1. The van der Waals surface area contributed by atoms with Crippen LogP contribution in [0.25, 0.3) is 0 Å². The van der Waals surface area contributed by atoms with Crippen LogP contribution < -0.4 is 10.1 Å². The van der Waals surface area contributed by atoms with Crippen LogP contribution in [0.5, 0.6) is 5.75 Å². The van der Waals surface area contributed by atoms with Gasteiger partial charge in [0.1, 0.15) is 11.6 Å². The number of ether oxygens (including phenoxy) is 1. The molecule has 0 radical (unpaired) electrons. The van der Waals surface area contributed by atoms with Crippen molar-refractivity contribution in [1.82, 2.24) is 15.3 Å². The molecule has 0 amide bonds. The van der Waals surface area contributed by atoms with E-state index in [1.54, 1.807) is 7.11 Å². The summed E-state index contributed by atoms with van der Waals surface area (Å²) in [6, 6.07) is 8.12. The number of nitrogens with zero attached hydrogens (tertiary/aromatic N) is 2. The summed E-state index contributed by atoms with van der Waals surface area (Å²) in [6.07, 6.45) is 4.72. The Labute approximate surface area is 119 Å². The fraction of sp³-hybridized carbons (Fsp3) is 0.375. The van der Waals surface area contributed by atoms with Gasteiger partial charge in [0.05, 0.1) is 7.11 Å². The van der Waals surface area contributed by atoms with Gasteiger partial charge in [0.15, 0.2) is 0 Å². The van der Waals surface area contributed by atoms with Crippen molar-refractivity contribution in [3.63, 3.8) is 0 Å². The normalized spacial score (nSPS) is 13.8. The molecule has 1 aliphatic rings. The standard InChI is InChI=1S/C16H19N3O/c1-20-15-5-3-2-4-12(15)6-7-16-18-11-13-10-17-9-8-14(13)19-16/h2-5,11,17H,6-10H2,1H3. The molecule has 0 saturated carbocycles. The van der Waals surface area contributed by atoms with Gasteiger partial charge in [0, 0.05) is 43.4 Å². The van der Waals surface area contributed by atoms with Gasteiger partial charge in [-0.3, -0.25) is 0 Å². The summed E-state index contributed by atoms with van der Waals surface area (Å²) >= 11 is 0. The first-order chi connectivity index (χ1) is 9.86. The molecule has 1 N–H and O–H groups in total. The van der Waals surface area contributed by atoms with Crippen molar-refractivity contribution in [2.75, 3.05) is 13.7 Å². The van der Waals surface area contributed by atoms with Crippen molar-refractivity contribution < 1.29 is 4.74 Å². The summed E-state index contributed by atoms with van der Waals surface area (Å²) in [6.45, 7) is 1.90. The van der Waals surface area contributed by atoms with Gasteiger partial charge in [-0.25, -0.2) is 9.97 Å². The number of methoxy groups -OCH3 is 1. The Morgan fingerprint density at radius 2 is 2.15 bits per heavy atom. The second-order valence-corrected chi connectivity index (χ2v) is 5.00. The van der Waals surface area contributed by atoms with Crippen LogP contribution in [0, 0.1) is 0 Å². The van der Waals surface area contributed by atoms with Gasteiger partial charge in [-0.2, -0.15) is 0 Å². The van der Waals surface area contributed by atoms with Gasteiger partial charge >= 0.3 is 0 Å². The number of nitrogens with one attached hydrogen (secondary N) is 1. The Bertz CT molecular complexity index is 598. The minimum Gasteiger partial charge on any atom is -0.496 e. The topological polar surface area (TPSA) is 47.0 Å². The number of rotatable bonds is 4. The summed E-state index contributed by atoms with van der Waals surface area (Å²) in [5.74, 6) is 1.87. The number of benzene rings is 1. The molecule has 0 aliphatic carbocycles. The minimum atomic E-state index is 0.848. The Morgan fingerprint density at radius 1 is 1.25 bits per heavy atom. The van der Waals surface area contributed by atoms with Gasteiger partial charge in [-0.1, -0.05) is 18.2 Å². The highest BCUT2D eigenvalue weighted by molar-refractivity contribution is 5.33. The van der Waals surface area contributed by atoms with E-state index in [0.717, 1.165) is 43.9 Å². The SMILES string of the molecule is COc1ccccc1CCc1ncc2c(n1)CCNC2. The molecule has 0 saturated heterocycles. The highest BCUT2D eigenvalue weighted by Gasteiger charge is 2.11. The maximum Gasteiger partial charge on any atom is 0.128 e. The van der Waals surface area contributed by atoms with Crippen molar-refractivity contribution in [2.24, 2.45) is 0 Å². The number of aryl methyl sites for hydroxylation is 2. The summed E-state index contributed by atoms with van der Waals surface area (Å²) in [4.78, 5) is 9.16. The maximum absolute atomic E-state index is 5.38. The number of aromatic nitrogens is 2. The van der Waals surface area contributed by atoms with E-state index >= 15 is 0 Å². The third kappa shape index (κ3) is 2.80. The molecular formula is C16H19N3O. The molecule has 0 atom stereocenters. The molecular weight excluding hydrogens is 250 g/mol. The molecule has 0 fully saturated rings. The highest BCUT2D eigenvalue weighted by atomic mass is 16.5. The molecule has 1 aromatic carbocycles. The Kier molecular flexibility index (Phi) is 3.92. The van der Waals surface area contributed by atoms with E-state index in [4.69, 9.17) is 9.72 Å². The number of para-hydroxylation sites is 1. The second-order valence-electron chi connectivity index (χ2n) is 5.00. The van der Waals surface area contributed by atoms with Crippen molar-refractivity contribution in [2.45, 2.75) is 25.8 Å². The molecule has 4 heteroatoms. The quantitative estimate of drug-likeness (QED) is 0.921. The Morgan fingerprint density at radius 3 is 3.05 bits per heavy atom. The molecule has 20 heavy (non-hydrogen) atoms. The van der Waals surface area contributed by atoms with Gasteiger partial charge in [0.25, 0.3) is 0 Å². The molecule has 0 spiro atoms. The van der Waals surface area contributed by atoms with E-state index in [1.807, 2.05) is 24.4 Å². The van der Waals surface area contributed by atoms with E-state index in [-0.39, 0.29) is 0 Å². The molecule has 0 unspecified atom stereocenters. The van der Waals surface area contributed by atoms with Crippen molar-refractivity contribution in [1.29, 1.82) is 0 Å². The molecule has 1 aromatic heterocycles. The molecule has 2 heterocycles. The molecule has 104 valence electrons. The summed E-state index contributed by atoms with van der Waals surface area (Å²) in [5.41, 5.74) is 3.64. The van der Waals surface area contributed by atoms with Crippen molar-refractivity contribution >= 4 is 0 Å². The van der Waals surface area contributed by atoms with E-state index in [2.05, 4.69) is 16.4 Å². The summed E-state index contributed by atoms with van der Waals surface area (Å²) in [5, 5.41) is 3.34. The Balaban J connectivity index is 1.72. The van der Waals surface area contributed by atoms with Crippen LogP contribution in [0.2, 0.25) is 0 Å². The van der Waals surface area contributed by atoms with Crippen LogP contribution in [-0.2, 0) is 25.8 Å². The molecule has 4 nitrogen and oxygen atoms in total. The minimum absolute atomic E-state index is 0.848. The molecule has 3 rings (SSSR count). The highest BCUT2D eigenvalue weighted by Crippen LogP contribution is 2.19. The van der Waals surface area contributed by atoms with Crippen LogP contribution in [0.3, 0.4) is 0 Å². The lowest BCUT2D eigenvalue weighted by atomic mass is 10.1. The van der Waals surface area contributed by atoms with Gasteiger partial charge < -0.3 is 10.1 Å². The van der Waals surface area contributed by atoms with Crippen LogP contribution in [0.4, 0.5) is 0 Å². The monoisotopic (exact) mass is 269 g/mol. The zero-order chi connectivity index (χ0) is 13.8. The smallest absolute Gasteiger partial charge is 0.128 e. The lowest BCUT2D eigenvalue weighted by molar-refractivity contribution is 0.409. The molecule has 2 aromatic rings. The van der Waals surface area contributed by atoms with E-state index in [9.17, 15) is 0 Å². The maximum atomic E-state index is 5.38. The van der Waals surface area contributed by atoms with Crippen LogP contribution in [0.15, 0.2) is 30.5 Å². The molecule has 0 bridgehead atoms. The van der Waals surface area contributed by atoms with Crippen LogP contribution in [-0.4, -0.2) is 23.6 Å². The number of hydrogen-bond acceptors (Lipinski definition) is 4. The second kappa shape index (κ2) is 6.01. The first kappa shape index (κ1) is 13.1. The largest absolute Gasteiger partial charge is 0.496 e. The van der Waals surface area contributed by atoms with E-state index in [0.29, 0.717) is 0 Å². The average Bonchev–Trinajstić information content (AvgIpc) is 2.53. The van der Waals surface area contributed by atoms with E-state index < -0.39 is 0 Å². The first-order valence-electron chi connectivity index (χ1n) is 7.03. The molecule has 1 aliphatic heterocycles. The summed E-state index contributed by atoms with van der Waals surface area (Å²) in [7, 11) is 1.71. The first-order valence-corrected chi connectivity index (χ1v) is 7.03. The summed E-state index contributed by atoms with van der Waals surface area (Å²) < 4.78 is 5.38. The van der Waals surface area contributed by atoms with Gasteiger partial charge in [0.2, 0.25) is 0 Å². The third-order valence-electron chi connectivity index (χ3n) is 3.67. The average molecular weight is 269 g/mol. The fourth-order valence-corrected chi connectivity index (χ4v) is 2.55. The lowest BCUT2D eigenvalue weighted by Crippen LogP contribution is -2.25. The van der Waals surface area contributed by atoms with Crippen LogP contribution in [0.1, 0.15) is 22.6 Å². The van der Waals surface area contributed by atoms with Crippen molar-refractivity contribution in [3.8, 4) is 5.75 Å². The Hall–Kier alpha value is -1.94. The zero-order valence-corrected chi connectivity index (χ0v) is 11.7. The zero-order valence-electron chi connectivity index (χ0n) is 11.7. The van der Waals surface area contributed by atoms with E-state index in [1.165, 1.54) is 16.8 Å². The predicted molar refractivity (Wildman–Crippen MR) is 77.8 cm³/mol. The van der Waals surface area contributed by atoms with Crippen LogP contribution >= 0.6 is 0 Å². The van der Waals surface area contributed by atoms with Gasteiger partial charge in [-0.15, -0.1) is 0 Å². The van der Waals surface area contributed by atoms with Crippen molar-refractivity contribution in [3.05, 3.63) is 53.1 Å². The third-order valence-corrected chi connectivity index (χ3v) is 3.67.